The zero-order chi connectivity index (χ0) is 33.9. The molecule has 0 unspecified atom stereocenters. The Balaban J connectivity index is 1.13. The summed E-state index contributed by atoms with van der Waals surface area (Å²) in [5.74, 6) is 0.945. The molecule has 0 aliphatic heterocycles. The summed E-state index contributed by atoms with van der Waals surface area (Å²) >= 11 is 0. The highest BCUT2D eigenvalue weighted by molar-refractivity contribution is 6.21. The molecule has 1 aliphatic carbocycles. The minimum atomic E-state index is 0.945. The average Bonchev–Trinajstić information content (AvgIpc) is 3.85. The van der Waals surface area contributed by atoms with Gasteiger partial charge in [0.2, 0.25) is 0 Å². The van der Waals surface area contributed by atoms with Crippen molar-refractivity contribution in [2.24, 2.45) is 0 Å². The molecule has 52 heavy (non-hydrogen) atoms. The largest absolute Gasteiger partial charge is 0.309 e. The van der Waals surface area contributed by atoms with Gasteiger partial charge < -0.3 is 4.57 Å². The molecule has 0 fully saturated rings. The molecular weight excluding hydrogens is 633 g/mol. The second-order valence-corrected chi connectivity index (χ2v) is 13.8. The highest BCUT2D eigenvalue weighted by Gasteiger charge is 2.28. The van der Waals surface area contributed by atoms with Crippen molar-refractivity contribution in [2.45, 2.75) is 0 Å². The Morgan fingerprint density at radius 2 is 1.10 bits per heavy atom. The Hall–Kier alpha value is -7.04. The molecule has 0 spiro atoms. The summed E-state index contributed by atoms with van der Waals surface area (Å²) in [6.45, 7) is 0. The van der Waals surface area contributed by atoms with Crippen LogP contribution in [0.3, 0.4) is 0 Å². The summed E-state index contributed by atoms with van der Waals surface area (Å²) in [6, 6.07) is 57.2. The number of rotatable bonds is 3. The predicted octanol–water partition coefficient (Wildman–Crippen LogP) is 12.3. The predicted molar refractivity (Wildman–Crippen MR) is 216 cm³/mol. The van der Waals surface area contributed by atoms with Gasteiger partial charge in [0.15, 0.2) is 0 Å². The number of fused-ring (bicyclic) bond motifs is 11. The molecule has 0 bridgehead atoms. The second kappa shape index (κ2) is 10.3. The first-order chi connectivity index (χ1) is 25.8. The van der Waals surface area contributed by atoms with E-state index in [1.165, 1.54) is 87.8 Å². The molecule has 4 heterocycles. The average molecular weight is 661 g/mol. The first-order valence-electron chi connectivity index (χ1n) is 17.7. The number of pyridine rings is 2. The molecule has 0 N–H and O–H groups in total. The van der Waals surface area contributed by atoms with E-state index in [1.54, 1.807) is 0 Å². The van der Waals surface area contributed by atoms with Gasteiger partial charge >= 0.3 is 0 Å². The van der Waals surface area contributed by atoms with Crippen LogP contribution in [0.4, 0.5) is 0 Å². The van der Waals surface area contributed by atoms with E-state index < -0.39 is 0 Å². The topological polar surface area (TPSA) is 35.6 Å². The van der Waals surface area contributed by atoms with Gasteiger partial charge in [-0.15, -0.1) is 0 Å². The summed E-state index contributed by atoms with van der Waals surface area (Å²) in [5.41, 5.74) is 14.1. The lowest BCUT2D eigenvalue weighted by atomic mass is 10.00. The van der Waals surface area contributed by atoms with Crippen LogP contribution in [0.15, 0.2) is 170 Å². The van der Waals surface area contributed by atoms with Crippen LogP contribution in [-0.4, -0.2) is 19.1 Å². The van der Waals surface area contributed by atoms with Crippen LogP contribution in [0.5, 0.6) is 0 Å². The second-order valence-electron chi connectivity index (χ2n) is 13.8. The van der Waals surface area contributed by atoms with Gasteiger partial charge in [-0.2, -0.15) is 0 Å². The number of aromatic nitrogens is 4. The normalized spacial score (nSPS) is 12.2. The third-order valence-electron chi connectivity index (χ3n) is 11.1. The Labute approximate surface area is 298 Å². The van der Waals surface area contributed by atoms with Crippen LogP contribution in [0.2, 0.25) is 0 Å². The Bertz CT molecular complexity index is 3290. The molecule has 7 aromatic carbocycles. The van der Waals surface area contributed by atoms with E-state index >= 15 is 0 Å². The number of benzene rings is 7. The van der Waals surface area contributed by atoms with E-state index in [2.05, 4.69) is 167 Å². The zero-order valence-electron chi connectivity index (χ0n) is 28.0. The fourth-order valence-electron chi connectivity index (χ4n) is 8.94. The van der Waals surface area contributed by atoms with Crippen LogP contribution in [0.25, 0.3) is 110 Å². The molecule has 1 aliphatic rings. The fraction of sp³-hybridized carbons (Fsp3) is 0. The summed E-state index contributed by atoms with van der Waals surface area (Å²) in [5, 5.41) is 8.54. The lowest BCUT2D eigenvalue weighted by molar-refractivity contribution is 1.09. The van der Waals surface area contributed by atoms with Crippen molar-refractivity contribution in [2.75, 3.05) is 0 Å². The van der Waals surface area contributed by atoms with Crippen molar-refractivity contribution in [1.29, 1.82) is 0 Å². The molecule has 12 rings (SSSR count). The number of nitrogens with zero attached hydrogens (tertiary/aromatic N) is 4. The SMILES string of the molecule is c1ccc(-n2c3ccccc3c3cc(-c4ccc5c(c4)c4ccc6ccccc6c4n5-c4nccc5c4-c4ccnc6cccc-5c46)ccc32)cc1. The third-order valence-corrected chi connectivity index (χ3v) is 11.1. The number of para-hydroxylation sites is 2. The Morgan fingerprint density at radius 1 is 0.404 bits per heavy atom. The summed E-state index contributed by atoms with van der Waals surface area (Å²) in [4.78, 5) is 9.90. The van der Waals surface area contributed by atoms with Crippen LogP contribution in [-0.2, 0) is 0 Å². The molecule has 4 nitrogen and oxygen atoms in total. The third kappa shape index (κ3) is 3.65. The molecule has 240 valence electrons. The van der Waals surface area contributed by atoms with Crippen LogP contribution < -0.4 is 0 Å². The van der Waals surface area contributed by atoms with Crippen LogP contribution >= 0.6 is 0 Å². The van der Waals surface area contributed by atoms with Crippen molar-refractivity contribution in [3.8, 4) is 44.9 Å². The van der Waals surface area contributed by atoms with Gasteiger partial charge in [-0.25, -0.2) is 4.98 Å². The molecule has 0 saturated carbocycles. The van der Waals surface area contributed by atoms with Crippen LogP contribution in [0, 0.1) is 0 Å². The molecule has 11 aromatic rings. The van der Waals surface area contributed by atoms with Crippen molar-refractivity contribution in [1.82, 2.24) is 19.1 Å². The maximum Gasteiger partial charge on any atom is 0.146 e. The van der Waals surface area contributed by atoms with Gasteiger partial charge in [0.05, 0.1) is 27.6 Å². The van der Waals surface area contributed by atoms with E-state index in [9.17, 15) is 0 Å². The molecule has 0 atom stereocenters. The van der Waals surface area contributed by atoms with Crippen molar-refractivity contribution in [3.63, 3.8) is 0 Å². The van der Waals surface area contributed by atoms with Crippen molar-refractivity contribution < 1.29 is 0 Å². The van der Waals surface area contributed by atoms with E-state index in [-0.39, 0.29) is 0 Å². The van der Waals surface area contributed by atoms with Gasteiger partial charge in [0.25, 0.3) is 0 Å². The van der Waals surface area contributed by atoms with Gasteiger partial charge in [0, 0.05) is 56.0 Å². The maximum atomic E-state index is 5.18. The first-order valence-corrected chi connectivity index (χ1v) is 17.7. The Kier molecular flexibility index (Phi) is 5.47. The first kappa shape index (κ1) is 27.7. The van der Waals surface area contributed by atoms with E-state index in [0.717, 1.165) is 22.4 Å². The number of hydrogen-bond acceptors (Lipinski definition) is 2. The maximum absolute atomic E-state index is 5.18. The van der Waals surface area contributed by atoms with Gasteiger partial charge in [0.1, 0.15) is 5.82 Å². The molecule has 4 heteroatoms. The van der Waals surface area contributed by atoms with E-state index in [0.29, 0.717) is 0 Å². The molecule has 0 saturated heterocycles. The van der Waals surface area contributed by atoms with E-state index in [1.807, 2.05) is 12.4 Å². The van der Waals surface area contributed by atoms with Gasteiger partial charge in [-0.1, -0.05) is 97.1 Å². The molecule has 0 radical (unpaired) electrons. The lowest BCUT2D eigenvalue weighted by Crippen LogP contribution is -2.01. The Morgan fingerprint density at radius 3 is 1.96 bits per heavy atom. The minimum Gasteiger partial charge on any atom is -0.309 e. The lowest BCUT2D eigenvalue weighted by Gasteiger charge is -2.14. The fourth-order valence-corrected chi connectivity index (χ4v) is 8.94. The van der Waals surface area contributed by atoms with Crippen molar-refractivity contribution >= 4 is 65.3 Å². The zero-order valence-corrected chi connectivity index (χ0v) is 28.0. The molecular formula is C48H28N4. The standard InChI is InChI=1S/C48H28N4/c1-2-10-32(11-3-1)51-42-16-7-6-13-34(42)39-27-30(18-21-43(39)51)31-19-22-44-40(28-31)37-20-17-29-9-4-5-12-33(29)47(37)52(44)48-46-36(23-26-50-48)35-14-8-15-41-45(35)38(46)24-25-49-41/h1-28H. The monoisotopic (exact) mass is 660 g/mol. The number of hydrogen-bond donors (Lipinski definition) is 0. The van der Waals surface area contributed by atoms with Crippen molar-refractivity contribution in [3.05, 3.63) is 170 Å². The quantitative estimate of drug-likeness (QED) is 0.189. The minimum absolute atomic E-state index is 0.945. The van der Waals surface area contributed by atoms with Gasteiger partial charge in [-0.05, 0) is 93.9 Å². The smallest absolute Gasteiger partial charge is 0.146 e. The van der Waals surface area contributed by atoms with Gasteiger partial charge in [-0.3, -0.25) is 9.55 Å². The summed E-state index contributed by atoms with van der Waals surface area (Å²) in [6.07, 6.45) is 3.89. The van der Waals surface area contributed by atoms with Crippen LogP contribution in [0.1, 0.15) is 0 Å². The summed E-state index contributed by atoms with van der Waals surface area (Å²) in [7, 11) is 0. The molecule has 4 aromatic heterocycles. The van der Waals surface area contributed by atoms with E-state index in [4.69, 9.17) is 9.97 Å². The summed E-state index contributed by atoms with van der Waals surface area (Å²) < 4.78 is 4.78. The highest BCUT2D eigenvalue weighted by atomic mass is 15.1. The molecule has 0 amide bonds. The highest BCUT2D eigenvalue weighted by Crippen LogP contribution is 2.50.